The van der Waals surface area contributed by atoms with Crippen LogP contribution in [0, 0.1) is 20.8 Å². The molecule has 0 amide bonds. The maximum Gasteiger partial charge on any atom is 0.162 e. The Bertz CT molecular complexity index is 1890. The molecule has 6 aromatic rings. The van der Waals surface area contributed by atoms with Gasteiger partial charge < -0.3 is 18.6 Å². The predicted octanol–water partition coefficient (Wildman–Crippen LogP) is 9.10. The van der Waals surface area contributed by atoms with Gasteiger partial charge in [-0.1, -0.05) is 39.3 Å². The Kier molecular flexibility index (Phi) is 14.1. The number of aryl methyl sites for hydroxylation is 3. The second kappa shape index (κ2) is 18.0. The highest BCUT2D eigenvalue weighted by Crippen LogP contribution is 2.29. The number of rotatable bonds is 12. The lowest BCUT2D eigenvalue weighted by Gasteiger charge is -2.15. The lowest BCUT2D eigenvalue weighted by atomic mass is 10.2. The van der Waals surface area contributed by atoms with Gasteiger partial charge in [0.05, 0.1) is 0 Å². The fourth-order valence-corrected chi connectivity index (χ4v) is 8.13. The second-order valence-corrected chi connectivity index (χ2v) is 28.0. The molecule has 6 aromatic heterocycles. The van der Waals surface area contributed by atoms with E-state index in [2.05, 4.69) is 113 Å². The molecule has 0 saturated heterocycles. The molecule has 0 aromatic carbocycles. The first-order valence-electron chi connectivity index (χ1n) is 17.0. The molecule has 0 aliphatic rings. The smallest absolute Gasteiger partial charge is 0.162 e. The van der Waals surface area contributed by atoms with Crippen molar-refractivity contribution in [1.82, 2.24) is 37.8 Å². The third kappa shape index (κ3) is 11.4. The van der Waals surface area contributed by atoms with E-state index in [9.17, 15) is 0 Å². The molecular formula is C33H48BBrN8O2PS2Si2. The zero-order valence-electron chi connectivity index (χ0n) is 31.5. The van der Waals surface area contributed by atoms with E-state index in [1.807, 2.05) is 36.7 Å². The van der Waals surface area contributed by atoms with Crippen LogP contribution in [0.15, 0.2) is 41.1 Å². The van der Waals surface area contributed by atoms with Gasteiger partial charge in [0, 0.05) is 57.0 Å². The average Bonchev–Trinajstić information content (AvgIpc) is 3.84. The molecule has 10 nitrogen and oxygen atoms in total. The van der Waals surface area contributed by atoms with Crippen molar-refractivity contribution in [2.45, 2.75) is 85.6 Å². The number of aromatic nitrogens is 8. The largest absolute Gasteiger partial charge is 0.361 e. The van der Waals surface area contributed by atoms with Crippen molar-refractivity contribution in [1.29, 1.82) is 1.34 Å². The summed E-state index contributed by atoms with van der Waals surface area (Å²) in [6.45, 7) is 22.7. The van der Waals surface area contributed by atoms with Crippen molar-refractivity contribution in [2.24, 2.45) is 0 Å². The molecule has 0 aliphatic carbocycles. The van der Waals surface area contributed by atoms with Crippen LogP contribution in [0.5, 0.6) is 0 Å². The van der Waals surface area contributed by atoms with Crippen LogP contribution in [-0.4, -0.2) is 76.0 Å². The lowest BCUT2D eigenvalue weighted by Crippen LogP contribution is -2.22. The Morgan fingerprint density at radius 3 is 1.62 bits per heavy atom. The maximum atomic E-state index is 6.05. The van der Waals surface area contributed by atoms with Gasteiger partial charge in [-0.3, -0.25) is 0 Å². The summed E-state index contributed by atoms with van der Waals surface area (Å²) < 4.78 is 31.5. The number of pyridine rings is 2. The maximum absolute atomic E-state index is 6.05. The van der Waals surface area contributed by atoms with Gasteiger partial charge in [0.25, 0.3) is 0 Å². The summed E-state index contributed by atoms with van der Waals surface area (Å²) in [6, 6.07) is 10.5. The summed E-state index contributed by atoms with van der Waals surface area (Å²) >= 11 is 6.37. The van der Waals surface area contributed by atoms with Gasteiger partial charge in [0.1, 0.15) is 55.3 Å². The number of halogens is 1. The first kappa shape index (κ1) is 39.0. The Labute approximate surface area is 319 Å². The van der Waals surface area contributed by atoms with Crippen LogP contribution in [0.25, 0.3) is 43.5 Å². The monoisotopic (exact) mass is 830 g/mol. The summed E-state index contributed by atoms with van der Waals surface area (Å²) in [4.78, 5) is 18.4. The van der Waals surface area contributed by atoms with E-state index in [1.165, 1.54) is 42.2 Å². The Morgan fingerprint density at radius 1 is 0.740 bits per heavy atom. The fourth-order valence-electron chi connectivity index (χ4n) is 4.78. The van der Waals surface area contributed by atoms with E-state index in [0.717, 1.165) is 78.8 Å². The van der Waals surface area contributed by atoms with Gasteiger partial charge in [-0.15, -0.1) is 0 Å². The van der Waals surface area contributed by atoms with Crippen LogP contribution < -0.4 is 0 Å². The summed E-state index contributed by atoms with van der Waals surface area (Å²) in [5.41, 5.74) is 4.79. The van der Waals surface area contributed by atoms with Gasteiger partial charge in [-0.25, -0.2) is 19.9 Å². The minimum absolute atomic E-state index is 0.512. The van der Waals surface area contributed by atoms with Crippen molar-refractivity contribution >= 4 is 93.9 Å². The fraction of sp³-hybridized carbons (Fsp3) is 0.455. The highest BCUT2D eigenvalue weighted by Gasteiger charge is 2.16. The molecular weight excluding hydrogens is 782 g/mol. The number of hydrogen-bond acceptors (Lipinski definition) is 10. The summed E-state index contributed by atoms with van der Waals surface area (Å²) in [5.74, 6) is 1.57. The molecule has 17 heteroatoms. The van der Waals surface area contributed by atoms with Crippen molar-refractivity contribution in [3.63, 3.8) is 0 Å². The molecule has 0 aliphatic heterocycles. The molecule has 1 unspecified atom stereocenters. The van der Waals surface area contributed by atoms with Crippen molar-refractivity contribution in [3.05, 3.63) is 58.3 Å². The number of fused-ring (bicyclic) bond motifs is 2. The quantitative estimate of drug-likeness (QED) is 0.0684. The summed E-state index contributed by atoms with van der Waals surface area (Å²) in [5, 5.41) is 3.94. The summed E-state index contributed by atoms with van der Waals surface area (Å²) in [7, 11) is 1.16. The van der Waals surface area contributed by atoms with Gasteiger partial charge >= 0.3 is 0 Å². The van der Waals surface area contributed by atoms with E-state index in [1.54, 1.807) is 0 Å². The molecule has 1 radical (unpaired) electrons. The van der Waals surface area contributed by atoms with Crippen LogP contribution in [0.1, 0.15) is 17.2 Å². The highest BCUT2D eigenvalue weighted by molar-refractivity contribution is 9.10. The third-order valence-electron chi connectivity index (χ3n) is 7.54. The first-order valence-corrected chi connectivity index (χ1v) is 26.8. The summed E-state index contributed by atoms with van der Waals surface area (Å²) in [6.07, 6.45) is 4.14. The van der Waals surface area contributed by atoms with Crippen molar-refractivity contribution in [2.75, 3.05) is 13.2 Å². The van der Waals surface area contributed by atoms with E-state index in [-0.39, 0.29) is 0 Å². The standard InChI is InChI=1S/C17H24N4OSSi.C16H21BrN4OSSi.BH3P/c1-12-10-21(11-22-8-9-24(3,4)5)16-14(12)6-7-15(19-16)17-18-13(2)20-23-17;1-11-18-16(23-20-11)14-6-5-12-13(17)9-21(15(12)19-14)10-22-7-8-24(2,3)4;1-2/h6-7,10H,8-9,11H2,1-5H3;5-6,9H,7-8,10H2,1-4H3;1H,2H2/i;;1D. The van der Waals surface area contributed by atoms with Crippen LogP contribution >= 0.6 is 48.1 Å². The van der Waals surface area contributed by atoms with E-state index < -0.39 is 16.1 Å². The minimum Gasteiger partial charge on any atom is -0.361 e. The van der Waals surface area contributed by atoms with Gasteiger partial charge in [-0.05, 0) is 103 Å². The van der Waals surface area contributed by atoms with E-state index in [4.69, 9.17) is 20.8 Å². The number of ether oxygens (including phenoxy) is 2. The lowest BCUT2D eigenvalue weighted by molar-refractivity contribution is 0.0897. The van der Waals surface area contributed by atoms with Crippen LogP contribution in [0.4, 0.5) is 0 Å². The predicted molar refractivity (Wildman–Crippen MR) is 224 cm³/mol. The Hall–Kier alpha value is -2.17. The topological polar surface area (TPSA) is 106 Å². The molecule has 6 heterocycles. The normalized spacial score (nSPS) is 12.0. The van der Waals surface area contributed by atoms with Crippen molar-refractivity contribution in [3.8, 4) is 21.4 Å². The second-order valence-electron chi connectivity index (χ2n) is 14.4. The van der Waals surface area contributed by atoms with Crippen LogP contribution in [0.2, 0.25) is 51.4 Å². The molecule has 267 valence electrons. The van der Waals surface area contributed by atoms with Crippen molar-refractivity contribution < 1.29 is 9.47 Å². The Balaban J connectivity index is 0.000000212. The number of nitrogens with zero attached hydrogens (tertiary/aromatic N) is 8. The van der Waals surface area contributed by atoms with E-state index >= 15 is 0 Å². The molecule has 0 saturated carbocycles. The zero-order valence-corrected chi connectivity index (χ0v) is 36.8. The zero-order chi connectivity index (χ0) is 37.3. The van der Waals surface area contributed by atoms with Gasteiger partial charge in [0.2, 0.25) is 0 Å². The SMILES string of the molecule is Cc1nsc(-c2ccc3c(Br)cn(COCC[Si](C)(C)C)c3n2)n1.Cc1nsc(-c2ccc3c(C)cn(COCC[Si](C)(C)C)c3n2)n1.[2H][B]P. The van der Waals surface area contributed by atoms with Crippen LogP contribution in [0.3, 0.4) is 0 Å². The first-order chi connectivity index (χ1) is 24.1. The Morgan fingerprint density at radius 2 is 1.18 bits per heavy atom. The average molecular weight is 832 g/mol. The molecule has 6 rings (SSSR count). The molecule has 0 N–H and O–H groups in total. The molecule has 1 atom stereocenters. The molecule has 0 fully saturated rings. The number of hydrogen-bond donors (Lipinski definition) is 0. The molecule has 0 spiro atoms. The highest BCUT2D eigenvalue weighted by atomic mass is 79.9. The minimum atomic E-state index is -1.07. The third-order valence-corrected chi connectivity index (χ3v) is 13.2. The van der Waals surface area contributed by atoms with Gasteiger partial charge in [0.15, 0.2) is 10.0 Å². The van der Waals surface area contributed by atoms with Crippen LogP contribution in [-0.2, 0) is 22.9 Å². The van der Waals surface area contributed by atoms with Gasteiger partial charge in [-0.2, -0.15) is 17.9 Å². The molecule has 50 heavy (non-hydrogen) atoms. The van der Waals surface area contributed by atoms with E-state index in [0.29, 0.717) is 13.5 Å². The molecule has 0 bridgehead atoms.